The van der Waals surface area contributed by atoms with Gasteiger partial charge in [-0.15, -0.1) is 0 Å². The van der Waals surface area contributed by atoms with E-state index in [0.29, 0.717) is 11.6 Å². The van der Waals surface area contributed by atoms with Gasteiger partial charge in [0.2, 0.25) is 12.2 Å². The minimum Gasteiger partial charge on any atom is -0.431 e. The Bertz CT molecular complexity index is 1180. The molecule has 0 aliphatic heterocycles. The molecule has 0 radical (unpaired) electrons. The second kappa shape index (κ2) is 10.7. The zero-order valence-electron chi connectivity index (χ0n) is 19.5. The van der Waals surface area contributed by atoms with Crippen molar-refractivity contribution >= 4 is 35.2 Å². The highest BCUT2D eigenvalue weighted by atomic mass is 35.5. The Labute approximate surface area is 202 Å². The highest BCUT2D eigenvalue weighted by Crippen LogP contribution is 2.30. The molecule has 34 heavy (non-hydrogen) atoms. The molecule has 0 bridgehead atoms. The Balaban J connectivity index is 2.14. The Hall–Kier alpha value is -3.43. The number of methoxy groups -OCH3 is 1. The monoisotopic (exact) mass is 488 g/mol. The van der Waals surface area contributed by atoms with Crippen LogP contribution in [-0.2, 0) is 9.47 Å². The minimum absolute atomic E-state index is 0.0100. The fraction of sp³-hybridized carbons (Fsp3) is 0.292. The normalized spacial score (nSPS) is 11.9. The van der Waals surface area contributed by atoms with Crippen LogP contribution < -0.4 is 10.2 Å². The number of carbonyl (C=O) groups is 2. The van der Waals surface area contributed by atoms with Crippen molar-refractivity contribution in [3.8, 4) is 5.69 Å². The van der Waals surface area contributed by atoms with E-state index < -0.39 is 24.0 Å². The number of hydrogen-bond acceptors (Lipinski definition) is 6. The largest absolute Gasteiger partial charge is 0.431 e. The van der Waals surface area contributed by atoms with Crippen molar-refractivity contribution in [2.45, 2.75) is 20.1 Å². The molecule has 0 saturated heterocycles. The molecule has 8 nitrogen and oxygen atoms in total. The Kier molecular flexibility index (Phi) is 7.90. The number of esters is 1. The van der Waals surface area contributed by atoms with Gasteiger partial charge in [0.25, 0.3) is 5.91 Å². The molecule has 2 aromatic carbocycles. The number of carbonyl (C=O) groups excluding carboxylic acids is 2. The predicted octanol–water partition coefficient (Wildman–Crippen LogP) is 4.77. The Morgan fingerprint density at radius 1 is 1.15 bits per heavy atom. The lowest BCUT2D eigenvalue weighted by molar-refractivity contribution is -0.114. The average molecular weight is 489 g/mol. The summed E-state index contributed by atoms with van der Waals surface area (Å²) in [6.07, 6.45) is -0.815. The van der Waals surface area contributed by atoms with E-state index in [-0.39, 0.29) is 28.0 Å². The van der Waals surface area contributed by atoms with Crippen LogP contribution in [0.5, 0.6) is 0 Å². The first kappa shape index (κ1) is 25.2. The predicted molar refractivity (Wildman–Crippen MR) is 128 cm³/mol. The number of amides is 1. The minimum atomic E-state index is -0.815. The molecular formula is C24H26ClFN4O4. The van der Waals surface area contributed by atoms with E-state index in [4.69, 9.17) is 21.1 Å². The summed E-state index contributed by atoms with van der Waals surface area (Å²) in [6.45, 7) is 3.70. The zero-order valence-corrected chi connectivity index (χ0v) is 20.3. The maximum absolute atomic E-state index is 13.5. The zero-order chi connectivity index (χ0) is 25.0. The van der Waals surface area contributed by atoms with Gasteiger partial charge in [-0.05, 0) is 30.3 Å². The number of rotatable bonds is 8. The van der Waals surface area contributed by atoms with Crippen molar-refractivity contribution in [2.75, 3.05) is 31.4 Å². The third-order valence-corrected chi connectivity index (χ3v) is 5.19. The summed E-state index contributed by atoms with van der Waals surface area (Å²) >= 11 is 6.06. The first-order valence-corrected chi connectivity index (χ1v) is 10.9. The number of ether oxygens (including phenoxy) is 2. The number of nitrogens with zero attached hydrogens (tertiary/aromatic N) is 3. The molecule has 3 aromatic rings. The van der Waals surface area contributed by atoms with Crippen molar-refractivity contribution in [3.05, 3.63) is 70.6 Å². The van der Waals surface area contributed by atoms with Crippen molar-refractivity contribution in [2.24, 2.45) is 5.92 Å². The maximum Gasteiger partial charge on any atom is 0.361 e. The molecule has 0 aliphatic carbocycles. The molecule has 0 spiro atoms. The van der Waals surface area contributed by atoms with Crippen molar-refractivity contribution in [3.63, 3.8) is 0 Å². The maximum atomic E-state index is 13.5. The quantitative estimate of drug-likeness (QED) is 0.363. The van der Waals surface area contributed by atoms with E-state index in [1.54, 1.807) is 35.7 Å². The van der Waals surface area contributed by atoms with Crippen LogP contribution in [0.25, 0.3) is 5.69 Å². The van der Waals surface area contributed by atoms with Crippen LogP contribution in [0.1, 0.15) is 34.7 Å². The summed E-state index contributed by atoms with van der Waals surface area (Å²) in [5.41, 5.74) is 0.647. The van der Waals surface area contributed by atoms with Gasteiger partial charge < -0.3 is 19.7 Å². The van der Waals surface area contributed by atoms with E-state index >= 15 is 0 Å². The molecule has 0 fully saturated rings. The summed E-state index contributed by atoms with van der Waals surface area (Å²) in [6, 6.07) is 12.5. The molecule has 1 aromatic heterocycles. The SMILES string of the molecule is COC(OC(=O)c1c(NC(=O)c2ccc(F)cc2Cl)nc(N(C)C)n1-c1ccccc1)C(C)C. The second-order valence-electron chi connectivity index (χ2n) is 8.01. The second-order valence-corrected chi connectivity index (χ2v) is 8.41. The van der Waals surface area contributed by atoms with Crippen LogP contribution >= 0.6 is 11.6 Å². The fourth-order valence-electron chi connectivity index (χ4n) is 3.27. The van der Waals surface area contributed by atoms with Crippen molar-refractivity contribution < 1.29 is 23.5 Å². The molecule has 0 aliphatic rings. The molecule has 1 atom stereocenters. The average Bonchev–Trinajstić information content (AvgIpc) is 3.17. The number of hydrogen-bond donors (Lipinski definition) is 1. The molecule has 1 heterocycles. The van der Waals surface area contributed by atoms with Crippen LogP contribution in [0.3, 0.4) is 0 Å². The summed E-state index contributed by atoms with van der Waals surface area (Å²) < 4.78 is 25.9. The molecule has 180 valence electrons. The van der Waals surface area contributed by atoms with Gasteiger partial charge in [-0.3, -0.25) is 9.36 Å². The number of aromatic nitrogens is 2. The number of nitrogens with one attached hydrogen (secondary N) is 1. The van der Waals surface area contributed by atoms with E-state index in [1.165, 1.54) is 13.2 Å². The summed E-state index contributed by atoms with van der Waals surface area (Å²) in [5.74, 6) is -1.77. The third kappa shape index (κ3) is 5.37. The van der Waals surface area contributed by atoms with Gasteiger partial charge in [0.1, 0.15) is 5.82 Å². The topological polar surface area (TPSA) is 85.7 Å². The third-order valence-electron chi connectivity index (χ3n) is 4.87. The Morgan fingerprint density at radius 2 is 1.82 bits per heavy atom. The fourth-order valence-corrected chi connectivity index (χ4v) is 3.52. The summed E-state index contributed by atoms with van der Waals surface area (Å²) in [4.78, 5) is 32.6. The number of halogens is 2. The number of imidazole rings is 1. The van der Waals surface area contributed by atoms with Gasteiger partial charge in [0.15, 0.2) is 11.5 Å². The lowest BCUT2D eigenvalue weighted by atomic mass is 10.2. The molecule has 1 unspecified atom stereocenters. The van der Waals surface area contributed by atoms with Crippen LogP contribution in [0.2, 0.25) is 5.02 Å². The lowest BCUT2D eigenvalue weighted by Gasteiger charge is -2.21. The molecule has 10 heteroatoms. The molecule has 0 saturated carbocycles. The van der Waals surface area contributed by atoms with Gasteiger partial charge >= 0.3 is 5.97 Å². The lowest BCUT2D eigenvalue weighted by Crippen LogP contribution is -2.27. The van der Waals surface area contributed by atoms with E-state index in [0.717, 1.165) is 12.1 Å². The van der Waals surface area contributed by atoms with Crippen molar-refractivity contribution in [1.29, 1.82) is 0 Å². The summed E-state index contributed by atoms with van der Waals surface area (Å²) in [7, 11) is 4.95. The highest BCUT2D eigenvalue weighted by molar-refractivity contribution is 6.34. The van der Waals surface area contributed by atoms with E-state index in [2.05, 4.69) is 10.3 Å². The number of benzene rings is 2. The van der Waals surface area contributed by atoms with Crippen LogP contribution in [-0.4, -0.2) is 48.9 Å². The molecule has 1 amide bonds. The first-order chi connectivity index (χ1) is 16.1. The first-order valence-electron chi connectivity index (χ1n) is 10.5. The van der Waals surface area contributed by atoms with E-state index in [1.807, 2.05) is 32.0 Å². The van der Waals surface area contributed by atoms with Crippen LogP contribution in [0, 0.1) is 11.7 Å². The van der Waals surface area contributed by atoms with E-state index in [9.17, 15) is 14.0 Å². The summed E-state index contributed by atoms with van der Waals surface area (Å²) in [5, 5.41) is 2.55. The molecule has 1 N–H and O–H groups in total. The van der Waals surface area contributed by atoms with Crippen LogP contribution in [0.15, 0.2) is 48.5 Å². The van der Waals surface area contributed by atoms with Gasteiger partial charge in [-0.2, -0.15) is 4.98 Å². The van der Waals surface area contributed by atoms with Gasteiger partial charge in [-0.25, -0.2) is 9.18 Å². The van der Waals surface area contributed by atoms with Gasteiger partial charge in [-0.1, -0.05) is 43.6 Å². The van der Waals surface area contributed by atoms with Crippen LogP contribution in [0.4, 0.5) is 16.2 Å². The van der Waals surface area contributed by atoms with Gasteiger partial charge in [0, 0.05) is 32.8 Å². The number of anilines is 2. The highest BCUT2D eigenvalue weighted by Gasteiger charge is 2.30. The molecular weight excluding hydrogens is 463 g/mol. The molecule has 3 rings (SSSR count). The Morgan fingerprint density at radius 3 is 2.38 bits per heavy atom. The van der Waals surface area contributed by atoms with Crippen molar-refractivity contribution in [1.82, 2.24) is 9.55 Å². The van der Waals surface area contributed by atoms with Gasteiger partial charge in [0.05, 0.1) is 10.6 Å². The standard InChI is InChI=1S/C24H26ClFN4O4/c1-14(2)23(33-5)34-22(32)19-20(27-21(31)17-12-11-15(26)13-18(17)25)28-24(29(3)4)30(19)16-9-7-6-8-10-16/h6-14,23H,1-5H3,(H,27,31). The smallest absolute Gasteiger partial charge is 0.361 e. The number of para-hydroxylation sites is 1.